The SMILES string of the molecule is CCOc1cc(C)c(C=NNc2nc(-c3ccccc3)c(C#N)c(=O)[nH]2)cc1C(C)C. The number of anilines is 1. The number of aromatic nitrogens is 2. The van der Waals surface area contributed by atoms with E-state index in [4.69, 9.17) is 4.74 Å². The minimum Gasteiger partial charge on any atom is -0.494 e. The summed E-state index contributed by atoms with van der Waals surface area (Å²) in [6, 6.07) is 15.1. The van der Waals surface area contributed by atoms with Crippen LogP contribution in [0, 0.1) is 18.3 Å². The number of ether oxygens (including phenoxy) is 1. The Labute approximate surface area is 181 Å². The first-order chi connectivity index (χ1) is 14.9. The lowest BCUT2D eigenvalue weighted by Crippen LogP contribution is -2.16. The van der Waals surface area contributed by atoms with E-state index in [1.165, 1.54) is 0 Å². The smallest absolute Gasteiger partial charge is 0.270 e. The highest BCUT2D eigenvalue weighted by atomic mass is 16.5. The summed E-state index contributed by atoms with van der Waals surface area (Å²) in [6.45, 7) is 8.79. The first-order valence-electron chi connectivity index (χ1n) is 10.1. The van der Waals surface area contributed by atoms with Gasteiger partial charge in [-0.3, -0.25) is 9.78 Å². The van der Waals surface area contributed by atoms with Crippen molar-refractivity contribution in [3.05, 3.63) is 75.1 Å². The summed E-state index contributed by atoms with van der Waals surface area (Å²) in [7, 11) is 0. The van der Waals surface area contributed by atoms with Crippen molar-refractivity contribution in [3.8, 4) is 23.1 Å². The Morgan fingerprint density at radius 1 is 1.29 bits per heavy atom. The Bertz CT molecular complexity index is 1190. The van der Waals surface area contributed by atoms with Gasteiger partial charge in [0.15, 0.2) is 0 Å². The van der Waals surface area contributed by atoms with E-state index in [1.54, 1.807) is 18.3 Å². The van der Waals surface area contributed by atoms with E-state index in [2.05, 4.69) is 40.4 Å². The number of aryl methyl sites for hydroxylation is 1. The van der Waals surface area contributed by atoms with Crippen molar-refractivity contribution >= 4 is 12.2 Å². The second-order valence-corrected chi connectivity index (χ2v) is 7.32. The zero-order chi connectivity index (χ0) is 22.4. The van der Waals surface area contributed by atoms with Crippen molar-refractivity contribution in [1.29, 1.82) is 5.26 Å². The van der Waals surface area contributed by atoms with Crippen LogP contribution in [0.25, 0.3) is 11.3 Å². The number of rotatable bonds is 7. The number of nitriles is 1. The molecular weight excluding hydrogens is 390 g/mol. The summed E-state index contributed by atoms with van der Waals surface area (Å²) in [6.07, 6.45) is 1.68. The largest absolute Gasteiger partial charge is 0.494 e. The van der Waals surface area contributed by atoms with Gasteiger partial charge in [0, 0.05) is 5.56 Å². The summed E-state index contributed by atoms with van der Waals surface area (Å²) >= 11 is 0. The van der Waals surface area contributed by atoms with E-state index in [0.29, 0.717) is 23.8 Å². The normalized spacial score (nSPS) is 11.0. The third-order valence-corrected chi connectivity index (χ3v) is 4.77. The number of nitrogens with zero attached hydrogens (tertiary/aromatic N) is 3. The van der Waals surface area contributed by atoms with Crippen LogP contribution in [0.2, 0.25) is 0 Å². The maximum absolute atomic E-state index is 12.3. The Kier molecular flexibility index (Phi) is 6.83. The standard InChI is InChI=1S/C24H25N5O2/c1-5-31-21-11-16(4)18(12-19(21)15(2)3)14-26-29-24-27-22(17-9-7-6-8-10-17)20(13-25)23(30)28-24/h6-12,14-15H,5H2,1-4H3,(H2,27,28,29,30). The average molecular weight is 415 g/mol. The zero-order valence-corrected chi connectivity index (χ0v) is 18.1. The molecule has 0 amide bonds. The second-order valence-electron chi connectivity index (χ2n) is 7.32. The van der Waals surface area contributed by atoms with Crippen LogP contribution < -0.4 is 15.7 Å². The van der Waals surface area contributed by atoms with Gasteiger partial charge < -0.3 is 4.74 Å². The van der Waals surface area contributed by atoms with Crippen LogP contribution in [-0.4, -0.2) is 22.8 Å². The topological polar surface area (TPSA) is 103 Å². The van der Waals surface area contributed by atoms with Crippen LogP contribution >= 0.6 is 0 Å². The van der Waals surface area contributed by atoms with Gasteiger partial charge in [0.2, 0.25) is 5.95 Å². The fraction of sp³-hybridized carbons (Fsp3) is 0.250. The van der Waals surface area contributed by atoms with Gasteiger partial charge in [-0.1, -0.05) is 44.2 Å². The molecule has 0 bridgehead atoms. The molecule has 0 fully saturated rings. The minimum absolute atomic E-state index is 0.0373. The molecule has 31 heavy (non-hydrogen) atoms. The quantitative estimate of drug-likeness (QED) is 0.434. The first kappa shape index (κ1) is 21.8. The molecule has 2 aromatic carbocycles. The van der Waals surface area contributed by atoms with Gasteiger partial charge in [-0.25, -0.2) is 10.4 Å². The molecule has 158 valence electrons. The lowest BCUT2D eigenvalue weighted by molar-refractivity contribution is 0.335. The monoisotopic (exact) mass is 415 g/mol. The Balaban J connectivity index is 1.91. The third-order valence-electron chi connectivity index (χ3n) is 4.77. The van der Waals surface area contributed by atoms with Crippen LogP contribution in [0.15, 0.2) is 52.4 Å². The van der Waals surface area contributed by atoms with Crippen LogP contribution in [0.1, 0.15) is 48.9 Å². The van der Waals surface area contributed by atoms with E-state index in [0.717, 1.165) is 22.4 Å². The van der Waals surface area contributed by atoms with Gasteiger partial charge in [-0.2, -0.15) is 10.4 Å². The molecule has 1 aromatic heterocycles. The predicted molar refractivity (Wildman–Crippen MR) is 123 cm³/mol. The van der Waals surface area contributed by atoms with Gasteiger partial charge in [0.1, 0.15) is 17.4 Å². The lowest BCUT2D eigenvalue weighted by atomic mass is 9.97. The molecular formula is C24H25N5O2. The Morgan fingerprint density at radius 3 is 2.68 bits per heavy atom. The van der Waals surface area contributed by atoms with Crippen molar-refractivity contribution in [2.24, 2.45) is 5.10 Å². The molecule has 0 aliphatic rings. The van der Waals surface area contributed by atoms with Gasteiger partial charge in [-0.15, -0.1) is 0 Å². The average Bonchev–Trinajstić information content (AvgIpc) is 2.75. The molecule has 0 aliphatic heterocycles. The zero-order valence-electron chi connectivity index (χ0n) is 18.1. The van der Waals surface area contributed by atoms with Crippen molar-refractivity contribution in [1.82, 2.24) is 9.97 Å². The lowest BCUT2D eigenvalue weighted by Gasteiger charge is -2.15. The highest BCUT2D eigenvalue weighted by molar-refractivity contribution is 5.83. The maximum Gasteiger partial charge on any atom is 0.270 e. The second kappa shape index (κ2) is 9.72. The third kappa shape index (κ3) is 4.98. The fourth-order valence-corrected chi connectivity index (χ4v) is 3.18. The molecule has 0 spiro atoms. The van der Waals surface area contributed by atoms with Crippen molar-refractivity contribution in [2.45, 2.75) is 33.6 Å². The molecule has 0 atom stereocenters. The molecule has 0 aliphatic carbocycles. The fourth-order valence-electron chi connectivity index (χ4n) is 3.18. The summed E-state index contributed by atoms with van der Waals surface area (Å²) in [5.74, 6) is 1.34. The molecule has 2 N–H and O–H groups in total. The summed E-state index contributed by atoms with van der Waals surface area (Å²) < 4.78 is 5.76. The Morgan fingerprint density at radius 2 is 2.03 bits per heavy atom. The predicted octanol–water partition coefficient (Wildman–Crippen LogP) is 4.59. The van der Waals surface area contributed by atoms with Gasteiger partial charge in [-0.05, 0) is 48.6 Å². The summed E-state index contributed by atoms with van der Waals surface area (Å²) in [5.41, 5.74) is 6.26. The molecule has 3 rings (SSSR count). The molecule has 0 radical (unpaired) electrons. The highest BCUT2D eigenvalue weighted by Gasteiger charge is 2.13. The van der Waals surface area contributed by atoms with Crippen LogP contribution in [0.4, 0.5) is 5.95 Å². The van der Waals surface area contributed by atoms with Crippen molar-refractivity contribution in [2.75, 3.05) is 12.0 Å². The molecule has 0 saturated carbocycles. The number of H-pyrrole nitrogens is 1. The Hall–Kier alpha value is -3.92. The van der Waals surface area contributed by atoms with Crippen molar-refractivity contribution < 1.29 is 4.74 Å². The number of hydrazone groups is 1. The van der Waals surface area contributed by atoms with Crippen LogP contribution in [0.3, 0.4) is 0 Å². The molecule has 0 saturated heterocycles. The van der Waals surface area contributed by atoms with Gasteiger partial charge >= 0.3 is 0 Å². The summed E-state index contributed by atoms with van der Waals surface area (Å²) in [5, 5.41) is 13.6. The maximum atomic E-state index is 12.3. The molecule has 7 heteroatoms. The number of benzene rings is 2. The van der Waals surface area contributed by atoms with Crippen LogP contribution in [0.5, 0.6) is 5.75 Å². The van der Waals surface area contributed by atoms with E-state index < -0.39 is 5.56 Å². The number of nitrogens with one attached hydrogen (secondary N) is 2. The van der Waals surface area contributed by atoms with E-state index in [-0.39, 0.29) is 11.5 Å². The van der Waals surface area contributed by atoms with Crippen LogP contribution in [-0.2, 0) is 0 Å². The minimum atomic E-state index is -0.520. The molecule has 7 nitrogen and oxygen atoms in total. The van der Waals surface area contributed by atoms with Gasteiger partial charge in [0.25, 0.3) is 5.56 Å². The van der Waals surface area contributed by atoms with E-state index in [9.17, 15) is 10.1 Å². The van der Waals surface area contributed by atoms with E-state index in [1.807, 2.05) is 44.2 Å². The number of hydrogen-bond donors (Lipinski definition) is 2. The number of hydrogen-bond acceptors (Lipinski definition) is 6. The highest BCUT2D eigenvalue weighted by Crippen LogP contribution is 2.29. The molecule has 3 aromatic rings. The van der Waals surface area contributed by atoms with Gasteiger partial charge in [0.05, 0.1) is 18.5 Å². The summed E-state index contributed by atoms with van der Waals surface area (Å²) in [4.78, 5) is 19.3. The van der Waals surface area contributed by atoms with E-state index >= 15 is 0 Å². The van der Waals surface area contributed by atoms with Crippen molar-refractivity contribution in [3.63, 3.8) is 0 Å². The molecule has 0 unspecified atom stereocenters. The number of aromatic amines is 1. The molecule has 1 heterocycles. The first-order valence-corrected chi connectivity index (χ1v) is 10.1.